The first-order valence-electron chi connectivity index (χ1n) is 5.02. The van der Waals surface area contributed by atoms with Crippen molar-refractivity contribution in [3.05, 3.63) is 33.8 Å². The molecule has 0 radical (unpaired) electrons. The minimum atomic E-state index is 0.234. The van der Waals surface area contributed by atoms with Crippen molar-refractivity contribution in [3.8, 4) is 0 Å². The molecule has 1 aromatic rings. The molecule has 0 aliphatic heterocycles. The van der Waals surface area contributed by atoms with Gasteiger partial charge in [0.25, 0.3) is 0 Å². The summed E-state index contributed by atoms with van der Waals surface area (Å²) in [6.45, 7) is 0. The molecule has 0 heterocycles. The lowest BCUT2D eigenvalue weighted by Crippen LogP contribution is -2.04. The molecule has 1 aromatic carbocycles. The molecule has 1 atom stereocenters. The maximum Gasteiger partial charge on any atom is 0.123 e. The maximum absolute atomic E-state index is 10.8. The standard InChI is InChI=1S/C12H13BrO/c13-12-5-4-11-6-9(8-14)2-1-3-10(11)7-12/h4-5,7-9H,1-3,6H2. The van der Waals surface area contributed by atoms with Gasteiger partial charge in [0.1, 0.15) is 6.29 Å². The molecule has 2 heteroatoms. The number of fused-ring (bicyclic) bond motifs is 1. The first-order valence-corrected chi connectivity index (χ1v) is 5.81. The number of hydrogen-bond donors (Lipinski definition) is 0. The van der Waals surface area contributed by atoms with Crippen LogP contribution in [0.4, 0.5) is 0 Å². The van der Waals surface area contributed by atoms with Crippen LogP contribution in [0.25, 0.3) is 0 Å². The summed E-state index contributed by atoms with van der Waals surface area (Å²) in [5, 5.41) is 0. The van der Waals surface area contributed by atoms with Gasteiger partial charge in [0, 0.05) is 10.4 Å². The quantitative estimate of drug-likeness (QED) is 0.555. The Morgan fingerprint density at radius 2 is 2.21 bits per heavy atom. The van der Waals surface area contributed by atoms with Gasteiger partial charge >= 0.3 is 0 Å². The SMILES string of the molecule is O=CC1CCCc2cc(Br)ccc2C1. The monoisotopic (exact) mass is 252 g/mol. The van der Waals surface area contributed by atoms with Crippen LogP contribution in [0.5, 0.6) is 0 Å². The molecule has 0 N–H and O–H groups in total. The third-order valence-corrected chi connectivity index (χ3v) is 3.36. The van der Waals surface area contributed by atoms with Crippen LogP contribution in [0, 0.1) is 5.92 Å². The Morgan fingerprint density at radius 1 is 1.36 bits per heavy atom. The summed E-state index contributed by atoms with van der Waals surface area (Å²) >= 11 is 3.48. The van der Waals surface area contributed by atoms with Gasteiger partial charge in [-0.1, -0.05) is 22.0 Å². The summed E-state index contributed by atoms with van der Waals surface area (Å²) in [6.07, 6.45) is 5.31. The van der Waals surface area contributed by atoms with Crippen LogP contribution in [-0.4, -0.2) is 6.29 Å². The lowest BCUT2D eigenvalue weighted by Gasteiger charge is -2.07. The third kappa shape index (κ3) is 2.06. The van der Waals surface area contributed by atoms with Crippen molar-refractivity contribution < 1.29 is 4.79 Å². The normalized spacial score (nSPS) is 21.1. The number of aldehydes is 1. The van der Waals surface area contributed by atoms with Gasteiger partial charge in [-0.25, -0.2) is 0 Å². The molecular weight excluding hydrogens is 240 g/mol. The van der Waals surface area contributed by atoms with Gasteiger partial charge < -0.3 is 4.79 Å². The van der Waals surface area contributed by atoms with Crippen LogP contribution in [0.3, 0.4) is 0 Å². The average Bonchev–Trinajstić information content (AvgIpc) is 2.38. The van der Waals surface area contributed by atoms with Gasteiger partial charge in [0.05, 0.1) is 0 Å². The second-order valence-electron chi connectivity index (χ2n) is 3.91. The Morgan fingerprint density at radius 3 is 3.00 bits per heavy atom. The van der Waals surface area contributed by atoms with Gasteiger partial charge in [-0.3, -0.25) is 0 Å². The molecule has 1 aliphatic rings. The summed E-state index contributed by atoms with van der Waals surface area (Å²) in [5.74, 6) is 0.234. The first kappa shape index (κ1) is 9.91. The molecule has 0 amide bonds. The molecule has 0 aromatic heterocycles. The molecular formula is C12H13BrO. The van der Waals surface area contributed by atoms with Gasteiger partial charge in [-0.2, -0.15) is 0 Å². The molecule has 14 heavy (non-hydrogen) atoms. The van der Waals surface area contributed by atoms with E-state index in [0.29, 0.717) is 0 Å². The van der Waals surface area contributed by atoms with Crippen molar-refractivity contribution in [1.29, 1.82) is 0 Å². The molecule has 0 bridgehead atoms. The lowest BCUT2D eigenvalue weighted by atomic mass is 9.98. The molecule has 2 rings (SSSR count). The van der Waals surface area contributed by atoms with Crippen molar-refractivity contribution in [2.75, 3.05) is 0 Å². The Bertz CT molecular complexity index is 346. The van der Waals surface area contributed by atoms with Crippen molar-refractivity contribution in [3.63, 3.8) is 0 Å². The molecule has 0 saturated carbocycles. The van der Waals surface area contributed by atoms with E-state index in [2.05, 4.69) is 34.1 Å². The summed E-state index contributed by atoms with van der Waals surface area (Å²) in [7, 11) is 0. The highest BCUT2D eigenvalue weighted by atomic mass is 79.9. The zero-order valence-electron chi connectivity index (χ0n) is 8.00. The van der Waals surface area contributed by atoms with Crippen LogP contribution in [0.15, 0.2) is 22.7 Å². The van der Waals surface area contributed by atoms with Crippen molar-refractivity contribution >= 4 is 22.2 Å². The van der Waals surface area contributed by atoms with Crippen LogP contribution in [0.2, 0.25) is 0 Å². The van der Waals surface area contributed by atoms with Crippen LogP contribution >= 0.6 is 15.9 Å². The van der Waals surface area contributed by atoms with E-state index in [1.807, 2.05) is 0 Å². The van der Waals surface area contributed by atoms with E-state index in [-0.39, 0.29) is 5.92 Å². The number of carbonyl (C=O) groups is 1. The average molecular weight is 253 g/mol. The Kier molecular flexibility index (Phi) is 3.02. The van der Waals surface area contributed by atoms with Crippen LogP contribution in [0.1, 0.15) is 24.0 Å². The molecule has 1 aliphatic carbocycles. The van der Waals surface area contributed by atoms with E-state index in [1.165, 1.54) is 11.1 Å². The van der Waals surface area contributed by atoms with Crippen molar-refractivity contribution in [1.82, 2.24) is 0 Å². The number of hydrogen-bond acceptors (Lipinski definition) is 1. The highest BCUT2D eigenvalue weighted by molar-refractivity contribution is 9.10. The Hall–Kier alpha value is -0.630. The minimum absolute atomic E-state index is 0.234. The predicted octanol–water partition coefficient (Wildman–Crippen LogP) is 3.14. The van der Waals surface area contributed by atoms with Gasteiger partial charge in [0.2, 0.25) is 0 Å². The molecule has 1 nitrogen and oxygen atoms in total. The zero-order valence-corrected chi connectivity index (χ0v) is 9.59. The smallest absolute Gasteiger partial charge is 0.123 e. The molecule has 1 unspecified atom stereocenters. The van der Waals surface area contributed by atoms with Crippen molar-refractivity contribution in [2.45, 2.75) is 25.7 Å². The van der Waals surface area contributed by atoms with Gasteiger partial charge in [0.15, 0.2) is 0 Å². The number of benzene rings is 1. The number of halogens is 1. The fourth-order valence-electron chi connectivity index (χ4n) is 2.08. The van der Waals surface area contributed by atoms with E-state index in [4.69, 9.17) is 0 Å². The Labute approximate surface area is 92.6 Å². The van der Waals surface area contributed by atoms with E-state index < -0.39 is 0 Å². The number of rotatable bonds is 1. The fraction of sp³-hybridized carbons (Fsp3) is 0.417. The molecule has 0 fully saturated rings. The van der Waals surface area contributed by atoms with Crippen LogP contribution in [-0.2, 0) is 17.6 Å². The summed E-state index contributed by atoms with van der Waals surface area (Å²) < 4.78 is 1.14. The highest BCUT2D eigenvalue weighted by Crippen LogP contribution is 2.26. The first-order chi connectivity index (χ1) is 6.79. The fourth-order valence-corrected chi connectivity index (χ4v) is 2.49. The second kappa shape index (κ2) is 4.26. The van der Waals surface area contributed by atoms with E-state index in [9.17, 15) is 4.79 Å². The van der Waals surface area contributed by atoms with Gasteiger partial charge in [-0.15, -0.1) is 0 Å². The largest absolute Gasteiger partial charge is 0.303 e. The second-order valence-corrected chi connectivity index (χ2v) is 4.82. The summed E-state index contributed by atoms with van der Waals surface area (Å²) in [4.78, 5) is 10.8. The van der Waals surface area contributed by atoms with Crippen LogP contribution < -0.4 is 0 Å². The molecule has 74 valence electrons. The van der Waals surface area contributed by atoms with Gasteiger partial charge in [-0.05, 0) is 48.9 Å². The van der Waals surface area contributed by atoms with E-state index >= 15 is 0 Å². The summed E-state index contributed by atoms with van der Waals surface area (Å²) in [6, 6.07) is 6.38. The molecule has 0 saturated heterocycles. The minimum Gasteiger partial charge on any atom is -0.303 e. The number of carbonyl (C=O) groups excluding carboxylic acids is 1. The highest BCUT2D eigenvalue weighted by Gasteiger charge is 2.15. The topological polar surface area (TPSA) is 17.1 Å². The van der Waals surface area contributed by atoms with Crippen molar-refractivity contribution in [2.24, 2.45) is 5.92 Å². The third-order valence-electron chi connectivity index (χ3n) is 2.86. The molecule has 0 spiro atoms. The number of aryl methyl sites for hydroxylation is 1. The summed E-state index contributed by atoms with van der Waals surface area (Å²) in [5.41, 5.74) is 2.76. The lowest BCUT2D eigenvalue weighted by molar-refractivity contribution is -0.111. The van der Waals surface area contributed by atoms with E-state index in [1.54, 1.807) is 0 Å². The maximum atomic E-state index is 10.8. The predicted molar refractivity (Wildman–Crippen MR) is 60.3 cm³/mol. The van der Waals surface area contributed by atoms with E-state index in [0.717, 1.165) is 36.4 Å². The Balaban J connectivity index is 2.31. The zero-order chi connectivity index (χ0) is 9.97.